The Kier molecular flexibility index (Phi) is 3.21. The van der Waals surface area contributed by atoms with Gasteiger partial charge in [0.05, 0.1) is 17.8 Å². The van der Waals surface area contributed by atoms with Gasteiger partial charge < -0.3 is 9.52 Å². The second-order valence-corrected chi connectivity index (χ2v) is 4.82. The number of hydrogen-bond acceptors (Lipinski definition) is 2. The Balaban J connectivity index is 2.05. The number of hydrogen-bond donors (Lipinski definition) is 1. The Labute approximate surface area is 97.4 Å². The second kappa shape index (κ2) is 4.37. The van der Waals surface area contributed by atoms with Crippen molar-refractivity contribution in [3.63, 3.8) is 0 Å². The van der Waals surface area contributed by atoms with E-state index in [1.165, 1.54) is 6.26 Å². The third-order valence-corrected chi connectivity index (χ3v) is 3.37. The maximum Gasteiger partial charge on any atom is 0.391 e. The molecule has 0 amide bonds. The Hall–Kier alpha value is -0.970. The molecule has 0 aliphatic heterocycles. The van der Waals surface area contributed by atoms with Crippen LogP contribution in [0.2, 0.25) is 0 Å². The third kappa shape index (κ3) is 3.03. The molecule has 1 aromatic rings. The Morgan fingerprint density at radius 2 is 2.24 bits per heavy atom. The van der Waals surface area contributed by atoms with Gasteiger partial charge in [-0.2, -0.15) is 13.2 Å². The summed E-state index contributed by atoms with van der Waals surface area (Å²) in [5, 5.41) is 10.2. The number of alkyl halides is 3. The van der Waals surface area contributed by atoms with Crippen molar-refractivity contribution in [3.8, 4) is 0 Å². The van der Waals surface area contributed by atoms with Crippen LogP contribution in [0.25, 0.3) is 0 Å². The summed E-state index contributed by atoms with van der Waals surface area (Å²) in [5.74, 6) is -0.855. The van der Waals surface area contributed by atoms with E-state index >= 15 is 0 Å². The average molecular weight is 248 g/mol. The molecule has 0 saturated heterocycles. The van der Waals surface area contributed by atoms with Crippen LogP contribution in [-0.2, 0) is 6.42 Å². The molecule has 1 N–H and O–H groups in total. The minimum atomic E-state index is -4.21. The van der Waals surface area contributed by atoms with Crippen molar-refractivity contribution in [2.75, 3.05) is 0 Å². The molecule has 2 unspecified atom stereocenters. The molecular weight excluding hydrogens is 233 g/mol. The van der Waals surface area contributed by atoms with Crippen molar-refractivity contribution >= 4 is 0 Å². The predicted molar refractivity (Wildman–Crippen MR) is 55.4 cm³/mol. The molecule has 2 nitrogen and oxygen atoms in total. The first-order valence-corrected chi connectivity index (χ1v) is 5.71. The van der Waals surface area contributed by atoms with Crippen molar-refractivity contribution in [2.45, 2.75) is 43.9 Å². The summed E-state index contributed by atoms with van der Waals surface area (Å²) in [6, 6.07) is 3.35. The molecule has 1 saturated carbocycles. The number of aliphatic hydroxyl groups is 1. The fourth-order valence-corrected chi connectivity index (χ4v) is 2.52. The fraction of sp³-hybridized carbons (Fsp3) is 0.667. The lowest BCUT2D eigenvalue weighted by atomic mass is 9.75. The topological polar surface area (TPSA) is 33.4 Å². The first-order chi connectivity index (χ1) is 7.89. The molecule has 1 aliphatic rings. The van der Waals surface area contributed by atoms with E-state index in [2.05, 4.69) is 0 Å². The van der Waals surface area contributed by atoms with Crippen LogP contribution in [0.1, 0.15) is 31.4 Å². The molecule has 1 fully saturated rings. The molecule has 0 spiro atoms. The van der Waals surface area contributed by atoms with Crippen LogP contribution in [0, 0.1) is 5.92 Å². The van der Waals surface area contributed by atoms with Gasteiger partial charge in [0, 0.05) is 6.42 Å². The van der Waals surface area contributed by atoms with Crippen LogP contribution in [0.4, 0.5) is 13.2 Å². The highest BCUT2D eigenvalue weighted by atomic mass is 19.4. The van der Waals surface area contributed by atoms with Crippen molar-refractivity contribution < 1.29 is 22.7 Å². The van der Waals surface area contributed by atoms with Crippen LogP contribution in [0.5, 0.6) is 0 Å². The van der Waals surface area contributed by atoms with E-state index in [0.29, 0.717) is 18.6 Å². The van der Waals surface area contributed by atoms with Gasteiger partial charge in [0.15, 0.2) is 0 Å². The fourth-order valence-electron chi connectivity index (χ4n) is 2.52. The number of rotatable bonds is 2. The monoisotopic (exact) mass is 248 g/mol. The van der Waals surface area contributed by atoms with E-state index in [1.807, 2.05) is 0 Å². The highest BCUT2D eigenvalue weighted by molar-refractivity contribution is 5.04. The van der Waals surface area contributed by atoms with Crippen LogP contribution in [0.3, 0.4) is 0 Å². The van der Waals surface area contributed by atoms with Gasteiger partial charge in [-0.05, 0) is 37.8 Å². The van der Waals surface area contributed by atoms with Gasteiger partial charge in [-0.1, -0.05) is 0 Å². The summed E-state index contributed by atoms with van der Waals surface area (Å²) in [4.78, 5) is 0. The minimum absolute atomic E-state index is 0.115. The van der Waals surface area contributed by atoms with E-state index in [9.17, 15) is 18.3 Å². The molecular formula is C12H15F3O2. The standard InChI is InChI=1S/C12H15F3O2/c13-12(14,15)9-3-1-5-11(16,7-9)8-10-4-2-6-17-10/h2,4,6,9,16H,1,3,5,7-8H2. The molecule has 2 atom stereocenters. The van der Waals surface area contributed by atoms with E-state index in [4.69, 9.17) is 4.42 Å². The summed E-state index contributed by atoms with van der Waals surface area (Å²) in [5.41, 5.74) is -1.28. The van der Waals surface area contributed by atoms with Crippen molar-refractivity contribution in [3.05, 3.63) is 24.2 Å². The van der Waals surface area contributed by atoms with Gasteiger partial charge in [0.1, 0.15) is 5.76 Å². The lowest BCUT2D eigenvalue weighted by Gasteiger charge is -2.37. The van der Waals surface area contributed by atoms with Crippen LogP contribution >= 0.6 is 0 Å². The molecule has 96 valence electrons. The van der Waals surface area contributed by atoms with E-state index < -0.39 is 17.7 Å². The quantitative estimate of drug-likeness (QED) is 0.871. The minimum Gasteiger partial charge on any atom is -0.469 e. The lowest BCUT2D eigenvalue weighted by Crippen LogP contribution is -2.41. The number of halogens is 3. The van der Waals surface area contributed by atoms with Gasteiger partial charge in [-0.15, -0.1) is 0 Å². The van der Waals surface area contributed by atoms with Crippen LogP contribution < -0.4 is 0 Å². The highest BCUT2D eigenvalue weighted by Gasteiger charge is 2.47. The highest BCUT2D eigenvalue weighted by Crippen LogP contribution is 2.42. The molecule has 1 heterocycles. The average Bonchev–Trinajstić information content (AvgIpc) is 2.68. The van der Waals surface area contributed by atoms with E-state index in [0.717, 1.165) is 0 Å². The Morgan fingerprint density at radius 1 is 1.47 bits per heavy atom. The van der Waals surface area contributed by atoms with E-state index in [-0.39, 0.29) is 19.3 Å². The van der Waals surface area contributed by atoms with Gasteiger partial charge in [-0.25, -0.2) is 0 Å². The maximum atomic E-state index is 12.6. The summed E-state index contributed by atoms with van der Waals surface area (Å²) < 4.78 is 43.0. The summed E-state index contributed by atoms with van der Waals surface area (Å²) in [6.07, 6.45) is -1.89. The predicted octanol–water partition coefficient (Wildman–Crippen LogP) is 3.31. The van der Waals surface area contributed by atoms with Gasteiger partial charge in [0.25, 0.3) is 0 Å². The van der Waals surface area contributed by atoms with Crippen molar-refractivity contribution in [1.29, 1.82) is 0 Å². The molecule has 0 bridgehead atoms. The van der Waals surface area contributed by atoms with Crippen molar-refractivity contribution in [2.24, 2.45) is 5.92 Å². The normalized spacial score (nSPS) is 30.5. The maximum absolute atomic E-state index is 12.6. The zero-order chi connectivity index (χ0) is 12.5. The molecule has 0 radical (unpaired) electrons. The van der Waals surface area contributed by atoms with Crippen molar-refractivity contribution in [1.82, 2.24) is 0 Å². The summed E-state index contributed by atoms with van der Waals surface area (Å²) in [7, 11) is 0. The molecule has 17 heavy (non-hydrogen) atoms. The summed E-state index contributed by atoms with van der Waals surface area (Å²) in [6.45, 7) is 0. The van der Waals surface area contributed by atoms with Crippen LogP contribution in [0.15, 0.2) is 22.8 Å². The molecule has 1 aliphatic carbocycles. The van der Waals surface area contributed by atoms with Crippen LogP contribution in [-0.4, -0.2) is 16.9 Å². The largest absolute Gasteiger partial charge is 0.469 e. The lowest BCUT2D eigenvalue weighted by molar-refractivity contribution is -0.200. The van der Waals surface area contributed by atoms with Gasteiger partial charge in [-0.3, -0.25) is 0 Å². The molecule has 1 aromatic heterocycles. The van der Waals surface area contributed by atoms with Gasteiger partial charge in [0.2, 0.25) is 0 Å². The summed E-state index contributed by atoms with van der Waals surface area (Å²) >= 11 is 0. The Bertz CT molecular complexity index is 358. The Morgan fingerprint density at radius 3 is 2.82 bits per heavy atom. The second-order valence-electron chi connectivity index (χ2n) is 4.82. The first kappa shape index (κ1) is 12.5. The first-order valence-electron chi connectivity index (χ1n) is 5.71. The van der Waals surface area contributed by atoms with Gasteiger partial charge >= 0.3 is 6.18 Å². The third-order valence-electron chi connectivity index (χ3n) is 3.37. The zero-order valence-electron chi connectivity index (χ0n) is 9.33. The SMILES string of the molecule is OC1(Cc2ccco2)CCCC(C(F)(F)F)C1. The molecule has 5 heteroatoms. The molecule has 2 rings (SSSR count). The molecule has 0 aromatic carbocycles. The smallest absolute Gasteiger partial charge is 0.391 e. The number of furan rings is 1. The van der Waals surface area contributed by atoms with E-state index in [1.54, 1.807) is 12.1 Å². The zero-order valence-corrected chi connectivity index (χ0v) is 9.33.